The Morgan fingerprint density at radius 3 is 1.67 bits per heavy atom. The number of nitrogens with zero attached hydrogens (tertiary/aromatic N) is 1. The van der Waals surface area contributed by atoms with Crippen molar-refractivity contribution in [2.45, 2.75) is 67.0 Å². The number of hydrogen-bond acceptors (Lipinski definition) is 4. The third-order valence-corrected chi connectivity index (χ3v) is 2.53. The Labute approximate surface area is 127 Å². The lowest BCUT2D eigenvalue weighted by atomic mass is 10.1. The van der Waals surface area contributed by atoms with Crippen LogP contribution in [0, 0.1) is 10.1 Å². The van der Waals surface area contributed by atoms with Crippen molar-refractivity contribution in [2.75, 3.05) is 0 Å². The van der Waals surface area contributed by atoms with E-state index < -0.39 is 0 Å². The Morgan fingerprint density at radius 1 is 1.00 bits per heavy atom. The molecular formula is C16H27NO4. The minimum absolute atomic E-state index is 0.0372. The highest BCUT2D eigenvalue weighted by Crippen LogP contribution is 2.26. The van der Waals surface area contributed by atoms with E-state index in [4.69, 9.17) is 9.47 Å². The van der Waals surface area contributed by atoms with Crippen LogP contribution in [-0.2, 0) is 22.7 Å². The first kappa shape index (κ1) is 19.5. The Kier molecular flexibility index (Phi) is 9.58. The van der Waals surface area contributed by atoms with Crippen LogP contribution in [0.3, 0.4) is 0 Å². The topological polar surface area (TPSA) is 61.6 Å². The summed E-state index contributed by atoms with van der Waals surface area (Å²) in [5.41, 5.74) is 1.27. The van der Waals surface area contributed by atoms with Crippen molar-refractivity contribution in [1.29, 1.82) is 0 Å². The van der Waals surface area contributed by atoms with Gasteiger partial charge in [-0.2, -0.15) is 0 Å². The number of hydrogen-bond donors (Lipinski definition) is 0. The second kappa shape index (κ2) is 10.3. The number of ether oxygens (including phenoxy) is 2. The first-order valence-corrected chi connectivity index (χ1v) is 7.40. The molecule has 21 heavy (non-hydrogen) atoms. The van der Waals surface area contributed by atoms with Crippen LogP contribution in [0.4, 0.5) is 5.69 Å². The lowest BCUT2D eigenvalue weighted by Crippen LogP contribution is -2.08. The van der Waals surface area contributed by atoms with Crippen molar-refractivity contribution in [3.8, 4) is 0 Å². The maximum absolute atomic E-state index is 11.2. The Morgan fingerprint density at radius 2 is 1.38 bits per heavy atom. The highest BCUT2D eigenvalue weighted by atomic mass is 16.6. The van der Waals surface area contributed by atoms with Crippen molar-refractivity contribution in [1.82, 2.24) is 0 Å². The molecule has 0 N–H and O–H groups in total. The van der Waals surface area contributed by atoms with E-state index in [9.17, 15) is 10.1 Å². The predicted molar refractivity (Wildman–Crippen MR) is 84.3 cm³/mol. The monoisotopic (exact) mass is 297 g/mol. The molecule has 1 aromatic carbocycles. The summed E-state index contributed by atoms with van der Waals surface area (Å²) in [6.07, 6.45) is 0.0744. The minimum Gasteiger partial charge on any atom is -0.374 e. The van der Waals surface area contributed by atoms with Crippen LogP contribution in [-0.4, -0.2) is 17.1 Å². The van der Waals surface area contributed by atoms with Crippen LogP contribution in [0.25, 0.3) is 0 Å². The van der Waals surface area contributed by atoms with Crippen molar-refractivity contribution in [2.24, 2.45) is 0 Å². The van der Waals surface area contributed by atoms with Crippen LogP contribution in [0.5, 0.6) is 0 Å². The van der Waals surface area contributed by atoms with Gasteiger partial charge in [0.1, 0.15) is 0 Å². The van der Waals surface area contributed by atoms with Gasteiger partial charge in [-0.15, -0.1) is 0 Å². The number of nitro groups is 1. The zero-order chi connectivity index (χ0) is 16.4. The third-order valence-electron chi connectivity index (χ3n) is 2.53. The molecule has 0 unspecified atom stereocenters. The highest BCUT2D eigenvalue weighted by molar-refractivity contribution is 5.47. The quantitative estimate of drug-likeness (QED) is 0.550. The molecule has 0 fully saturated rings. The van der Waals surface area contributed by atoms with Crippen molar-refractivity contribution in [3.05, 3.63) is 39.4 Å². The predicted octanol–water partition coefficient (Wildman–Crippen LogP) is 4.47. The molecule has 5 heteroatoms. The van der Waals surface area contributed by atoms with Gasteiger partial charge in [0.2, 0.25) is 0 Å². The van der Waals surface area contributed by atoms with Crippen LogP contribution in [0.2, 0.25) is 0 Å². The van der Waals surface area contributed by atoms with Gasteiger partial charge in [-0.05, 0) is 39.8 Å². The molecule has 0 bridgehead atoms. The van der Waals surface area contributed by atoms with Gasteiger partial charge in [0, 0.05) is 0 Å². The summed E-state index contributed by atoms with van der Waals surface area (Å²) in [4.78, 5) is 10.9. The highest BCUT2D eigenvalue weighted by Gasteiger charge is 2.20. The smallest absolute Gasteiger partial charge is 0.280 e. The summed E-state index contributed by atoms with van der Waals surface area (Å²) in [5.74, 6) is 0. The largest absolute Gasteiger partial charge is 0.374 e. The number of benzene rings is 1. The molecule has 120 valence electrons. The molecular weight excluding hydrogens is 270 g/mol. The minimum atomic E-state index is -0.363. The fourth-order valence-electron chi connectivity index (χ4n) is 1.62. The second-order valence-electron chi connectivity index (χ2n) is 4.90. The van der Waals surface area contributed by atoms with E-state index in [2.05, 4.69) is 0 Å². The van der Waals surface area contributed by atoms with E-state index in [0.29, 0.717) is 11.1 Å². The van der Waals surface area contributed by atoms with E-state index in [1.807, 2.05) is 41.5 Å². The Hall–Kier alpha value is -1.46. The summed E-state index contributed by atoms with van der Waals surface area (Å²) in [6.45, 7) is 12.1. The molecule has 0 spiro atoms. The van der Waals surface area contributed by atoms with E-state index in [1.165, 1.54) is 0 Å². The van der Waals surface area contributed by atoms with Crippen LogP contribution in [0.1, 0.15) is 52.7 Å². The van der Waals surface area contributed by atoms with E-state index in [1.54, 1.807) is 18.2 Å². The molecule has 0 atom stereocenters. The standard InChI is InChI=1S/C14H21NO4.C2H6/c1-10(2)18-8-12-6-5-7-13(9-19-11(3)4)14(12)15(16)17;1-2/h5-7,10-11H,8-9H2,1-4H3;1-2H3. The Balaban J connectivity index is 0.00000191. The molecule has 1 rings (SSSR count). The average molecular weight is 297 g/mol. The maximum atomic E-state index is 11.2. The molecule has 0 saturated carbocycles. The molecule has 0 aliphatic carbocycles. The van der Waals surface area contributed by atoms with Crippen LogP contribution < -0.4 is 0 Å². The van der Waals surface area contributed by atoms with Crippen molar-refractivity contribution in [3.63, 3.8) is 0 Å². The summed E-state index contributed by atoms with van der Waals surface area (Å²) in [7, 11) is 0. The molecule has 0 aliphatic rings. The van der Waals surface area contributed by atoms with Gasteiger partial charge in [-0.25, -0.2) is 0 Å². The van der Waals surface area contributed by atoms with Crippen molar-refractivity contribution < 1.29 is 14.4 Å². The van der Waals surface area contributed by atoms with Gasteiger partial charge >= 0.3 is 0 Å². The number of nitro benzene ring substituents is 1. The second-order valence-corrected chi connectivity index (χ2v) is 4.90. The lowest BCUT2D eigenvalue weighted by molar-refractivity contribution is -0.387. The van der Waals surface area contributed by atoms with Gasteiger partial charge < -0.3 is 9.47 Å². The normalized spacial score (nSPS) is 10.5. The number of rotatable bonds is 7. The van der Waals surface area contributed by atoms with E-state index in [-0.39, 0.29) is 36.0 Å². The zero-order valence-electron chi connectivity index (χ0n) is 13.9. The lowest BCUT2D eigenvalue weighted by Gasteiger charge is -2.12. The van der Waals surface area contributed by atoms with Crippen LogP contribution >= 0.6 is 0 Å². The molecule has 0 radical (unpaired) electrons. The SMILES string of the molecule is CC.CC(C)OCc1cccc(COC(C)C)c1[N+](=O)[O-]. The summed E-state index contributed by atoms with van der Waals surface area (Å²) < 4.78 is 10.9. The van der Waals surface area contributed by atoms with Gasteiger partial charge in [0.05, 0.1) is 41.5 Å². The molecule has 0 aliphatic heterocycles. The first-order chi connectivity index (χ1) is 9.91. The maximum Gasteiger partial charge on any atom is 0.280 e. The molecule has 0 heterocycles. The molecule has 1 aromatic rings. The summed E-state index contributed by atoms with van der Waals surface area (Å²) >= 11 is 0. The van der Waals surface area contributed by atoms with Crippen molar-refractivity contribution >= 4 is 5.69 Å². The molecule has 0 saturated heterocycles. The van der Waals surface area contributed by atoms with E-state index in [0.717, 1.165) is 0 Å². The molecule has 0 aromatic heterocycles. The van der Waals surface area contributed by atoms with E-state index >= 15 is 0 Å². The van der Waals surface area contributed by atoms with Crippen LogP contribution in [0.15, 0.2) is 18.2 Å². The van der Waals surface area contributed by atoms with Gasteiger partial charge in [0.25, 0.3) is 5.69 Å². The van der Waals surface area contributed by atoms with Gasteiger partial charge in [-0.1, -0.05) is 19.9 Å². The molecule has 5 nitrogen and oxygen atoms in total. The third kappa shape index (κ3) is 7.20. The fourth-order valence-corrected chi connectivity index (χ4v) is 1.62. The number of para-hydroxylation sites is 1. The molecule has 0 amide bonds. The summed E-state index contributed by atoms with van der Waals surface area (Å²) in [5, 5.41) is 11.2. The van der Waals surface area contributed by atoms with Gasteiger partial charge in [-0.3, -0.25) is 10.1 Å². The Bertz CT molecular complexity index is 400. The summed E-state index contributed by atoms with van der Waals surface area (Å²) in [6, 6.07) is 5.24. The first-order valence-electron chi connectivity index (χ1n) is 7.40. The zero-order valence-corrected chi connectivity index (χ0v) is 13.9. The average Bonchev–Trinajstić information content (AvgIpc) is 2.44. The van der Waals surface area contributed by atoms with Gasteiger partial charge in [0.15, 0.2) is 0 Å². The fraction of sp³-hybridized carbons (Fsp3) is 0.625.